The lowest BCUT2D eigenvalue weighted by atomic mass is 10.0. The minimum Gasteiger partial charge on any atom is -0.399 e. The third kappa shape index (κ3) is 5.54. The number of pyridine rings is 1. The van der Waals surface area contributed by atoms with Crippen molar-refractivity contribution in [1.29, 1.82) is 0 Å². The van der Waals surface area contributed by atoms with Crippen LogP contribution in [-0.2, 0) is 6.42 Å². The summed E-state index contributed by atoms with van der Waals surface area (Å²) in [5.74, 6) is -0.251. The fourth-order valence-electron chi connectivity index (χ4n) is 4.91. The maximum absolute atomic E-state index is 14.7. The van der Waals surface area contributed by atoms with Crippen molar-refractivity contribution in [3.63, 3.8) is 0 Å². The van der Waals surface area contributed by atoms with Gasteiger partial charge in [-0.25, -0.2) is 4.39 Å². The molecule has 0 saturated carbocycles. The van der Waals surface area contributed by atoms with Crippen LogP contribution in [0.2, 0.25) is 0 Å². The van der Waals surface area contributed by atoms with Gasteiger partial charge in [0.25, 0.3) is 0 Å². The van der Waals surface area contributed by atoms with E-state index in [4.69, 9.17) is 5.73 Å². The van der Waals surface area contributed by atoms with E-state index in [0.717, 1.165) is 80.5 Å². The number of halogens is 1. The van der Waals surface area contributed by atoms with Gasteiger partial charge in [0.05, 0.1) is 16.9 Å². The summed E-state index contributed by atoms with van der Waals surface area (Å²) >= 11 is 0. The molecule has 0 aliphatic rings. The van der Waals surface area contributed by atoms with Gasteiger partial charge in [0.2, 0.25) is 0 Å². The highest BCUT2D eigenvalue weighted by molar-refractivity contribution is 6.00. The Kier molecular flexibility index (Phi) is 7.43. The van der Waals surface area contributed by atoms with Gasteiger partial charge in [0, 0.05) is 33.7 Å². The van der Waals surface area contributed by atoms with Crippen molar-refractivity contribution < 1.29 is 4.39 Å². The van der Waals surface area contributed by atoms with Crippen LogP contribution in [0.1, 0.15) is 24.5 Å². The molecule has 0 amide bonds. The lowest BCUT2D eigenvalue weighted by molar-refractivity contribution is 0.400. The van der Waals surface area contributed by atoms with E-state index in [1.807, 2.05) is 63.5 Å². The van der Waals surface area contributed by atoms with Crippen molar-refractivity contribution in [2.45, 2.75) is 19.8 Å². The highest BCUT2D eigenvalue weighted by Crippen LogP contribution is 2.34. The molecule has 0 saturated heterocycles. The molecule has 0 bridgehead atoms. The van der Waals surface area contributed by atoms with Gasteiger partial charge >= 0.3 is 0 Å². The number of aromatic amines is 2. The third-order valence-electron chi connectivity index (χ3n) is 6.87. The number of benzene rings is 2. The second-order valence-corrected chi connectivity index (χ2v) is 9.98. The average Bonchev–Trinajstić information content (AvgIpc) is 3.54. The first kappa shape index (κ1) is 26.1. The fourth-order valence-corrected chi connectivity index (χ4v) is 4.91. The summed E-state index contributed by atoms with van der Waals surface area (Å²) in [6.07, 6.45) is 9.08. The normalized spacial score (nSPS) is 12.6. The topological polar surface area (TPSA) is 86.6 Å². The van der Waals surface area contributed by atoms with E-state index in [2.05, 4.69) is 37.7 Å². The van der Waals surface area contributed by atoms with Gasteiger partial charge in [-0.1, -0.05) is 18.7 Å². The van der Waals surface area contributed by atoms with Gasteiger partial charge in [-0.05, 0) is 112 Å². The van der Waals surface area contributed by atoms with E-state index in [9.17, 15) is 4.39 Å². The Bertz CT molecular complexity index is 1720. The Morgan fingerprint density at radius 2 is 1.87 bits per heavy atom. The number of H-pyrrole nitrogens is 2. The molecule has 5 rings (SSSR count). The zero-order chi connectivity index (χ0) is 27.5. The monoisotopic (exact) mass is 520 g/mol. The van der Waals surface area contributed by atoms with Crippen LogP contribution in [-0.4, -0.2) is 45.7 Å². The number of nitrogens with one attached hydrogen (secondary N) is 2. The fraction of sp³-hybridized carbons (Fsp3) is 0.188. The molecule has 0 unspecified atom stereocenters. The molecule has 7 heteroatoms. The van der Waals surface area contributed by atoms with Gasteiger partial charge in [-0.3, -0.25) is 10.1 Å². The number of fused-ring (bicyclic) bond motifs is 2. The van der Waals surface area contributed by atoms with E-state index in [1.54, 1.807) is 24.4 Å². The zero-order valence-electron chi connectivity index (χ0n) is 22.6. The molecule has 0 radical (unpaired) electrons. The van der Waals surface area contributed by atoms with Crippen LogP contribution in [0.15, 0.2) is 85.2 Å². The van der Waals surface area contributed by atoms with Crippen LogP contribution in [0.5, 0.6) is 0 Å². The number of nitrogens with two attached hydrogens (primary N) is 1. The lowest BCUT2D eigenvalue weighted by Crippen LogP contribution is -2.13. The summed E-state index contributed by atoms with van der Waals surface area (Å²) in [5, 5.41) is 9.66. The van der Waals surface area contributed by atoms with Crippen molar-refractivity contribution >= 4 is 27.4 Å². The SMILES string of the molecule is C=C/C(N)=C\C(=C/C)c1ccc2[nH]nc(-c3cc4c(-c5cc(F)cc(CCCN(C)C)c5)nccc4[nH]3)c2c1. The van der Waals surface area contributed by atoms with Crippen LogP contribution in [0.3, 0.4) is 0 Å². The Morgan fingerprint density at radius 3 is 2.64 bits per heavy atom. The predicted octanol–water partition coefficient (Wildman–Crippen LogP) is 6.84. The second kappa shape index (κ2) is 11.1. The van der Waals surface area contributed by atoms with E-state index in [-0.39, 0.29) is 5.82 Å². The molecule has 3 aromatic heterocycles. The van der Waals surface area contributed by atoms with Gasteiger partial charge < -0.3 is 15.6 Å². The van der Waals surface area contributed by atoms with Crippen LogP contribution < -0.4 is 5.73 Å². The van der Waals surface area contributed by atoms with E-state index in [0.29, 0.717) is 5.70 Å². The van der Waals surface area contributed by atoms with Crippen LogP contribution in [0.4, 0.5) is 4.39 Å². The summed E-state index contributed by atoms with van der Waals surface area (Å²) in [6.45, 7) is 6.68. The molecular formula is C32H33FN6. The average molecular weight is 521 g/mol. The van der Waals surface area contributed by atoms with Gasteiger partial charge in [0.15, 0.2) is 0 Å². The van der Waals surface area contributed by atoms with E-state index in [1.165, 1.54) is 0 Å². The van der Waals surface area contributed by atoms with Crippen molar-refractivity contribution in [2.24, 2.45) is 5.73 Å². The highest BCUT2D eigenvalue weighted by atomic mass is 19.1. The molecular weight excluding hydrogens is 487 g/mol. The summed E-state index contributed by atoms with van der Waals surface area (Å²) in [5.41, 5.74) is 14.6. The number of aryl methyl sites for hydroxylation is 1. The first-order chi connectivity index (χ1) is 18.9. The first-order valence-electron chi connectivity index (χ1n) is 13.0. The molecule has 0 spiro atoms. The Balaban J connectivity index is 1.55. The molecule has 6 nitrogen and oxygen atoms in total. The smallest absolute Gasteiger partial charge is 0.124 e. The second-order valence-electron chi connectivity index (χ2n) is 9.98. The first-order valence-corrected chi connectivity index (χ1v) is 13.0. The van der Waals surface area contributed by atoms with Crippen molar-refractivity contribution in [1.82, 2.24) is 25.1 Å². The van der Waals surface area contributed by atoms with Crippen LogP contribution in [0, 0.1) is 5.82 Å². The molecule has 198 valence electrons. The summed E-state index contributed by atoms with van der Waals surface area (Å²) in [4.78, 5) is 10.3. The highest BCUT2D eigenvalue weighted by Gasteiger charge is 2.16. The lowest BCUT2D eigenvalue weighted by Gasteiger charge is -2.10. The third-order valence-corrected chi connectivity index (χ3v) is 6.87. The molecule has 3 heterocycles. The van der Waals surface area contributed by atoms with Gasteiger partial charge in [-0.2, -0.15) is 5.10 Å². The Labute approximate surface area is 227 Å². The molecule has 5 aromatic rings. The molecule has 39 heavy (non-hydrogen) atoms. The maximum atomic E-state index is 14.7. The number of aromatic nitrogens is 4. The number of allylic oxidation sites excluding steroid dienone is 4. The number of nitrogens with zero attached hydrogens (tertiary/aromatic N) is 3. The quantitative estimate of drug-likeness (QED) is 0.186. The largest absolute Gasteiger partial charge is 0.399 e. The molecule has 2 aromatic carbocycles. The minimum atomic E-state index is -0.251. The Hall–Kier alpha value is -4.49. The zero-order valence-corrected chi connectivity index (χ0v) is 22.6. The van der Waals surface area contributed by atoms with Gasteiger partial charge in [-0.15, -0.1) is 0 Å². The van der Waals surface area contributed by atoms with Crippen molar-refractivity contribution in [3.05, 3.63) is 102 Å². The summed E-state index contributed by atoms with van der Waals surface area (Å²) < 4.78 is 14.7. The number of rotatable bonds is 9. The summed E-state index contributed by atoms with van der Waals surface area (Å²) in [6, 6.07) is 15.4. The number of hydrogen-bond acceptors (Lipinski definition) is 4. The molecule has 4 N–H and O–H groups in total. The van der Waals surface area contributed by atoms with Crippen molar-refractivity contribution in [3.8, 4) is 22.6 Å². The van der Waals surface area contributed by atoms with Crippen LogP contribution in [0.25, 0.3) is 50.0 Å². The van der Waals surface area contributed by atoms with Gasteiger partial charge in [0.1, 0.15) is 11.5 Å². The molecule has 0 fully saturated rings. The molecule has 0 atom stereocenters. The van der Waals surface area contributed by atoms with Crippen LogP contribution >= 0.6 is 0 Å². The van der Waals surface area contributed by atoms with E-state index >= 15 is 0 Å². The van der Waals surface area contributed by atoms with E-state index < -0.39 is 0 Å². The maximum Gasteiger partial charge on any atom is 0.124 e. The standard InChI is InChI=1S/C32H33FN6/c1-5-21(17-25(34)6-2)22-9-10-29-26(18-22)32(38-37-29)30-19-27-28(36-30)11-12-35-31(27)23-14-20(15-24(33)16-23)8-7-13-39(3)4/h5-6,9-12,14-19,36H,2,7-8,13,34H2,1,3-4H3,(H,37,38)/b21-5+,25-17+. The predicted molar refractivity (Wildman–Crippen MR) is 160 cm³/mol. The summed E-state index contributed by atoms with van der Waals surface area (Å²) in [7, 11) is 4.09. The molecule has 0 aliphatic carbocycles. The molecule has 0 aliphatic heterocycles. The minimum absolute atomic E-state index is 0.251. The van der Waals surface area contributed by atoms with Crippen molar-refractivity contribution in [2.75, 3.05) is 20.6 Å². The Morgan fingerprint density at radius 1 is 1.05 bits per heavy atom. The number of hydrogen-bond donors (Lipinski definition) is 3.